The molecule has 0 spiro atoms. The molecule has 1 amide bonds. The molecule has 0 unspecified atom stereocenters. The van der Waals surface area contributed by atoms with Gasteiger partial charge in [-0.15, -0.1) is 0 Å². The van der Waals surface area contributed by atoms with Gasteiger partial charge in [0.25, 0.3) is 5.91 Å². The summed E-state index contributed by atoms with van der Waals surface area (Å²) in [6.45, 7) is 2.18. The minimum Gasteiger partial charge on any atom is -0.489 e. The molecule has 2 N–H and O–H groups in total. The van der Waals surface area contributed by atoms with Crippen LogP contribution in [0.25, 0.3) is 11.3 Å². The van der Waals surface area contributed by atoms with Crippen molar-refractivity contribution in [2.45, 2.75) is 13.5 Å². The van der Waals surface area contributed by atoms with Crippen molar-refractivity contribution in [3.63, 3.8) is 0 Å². The highest BCUT2D eigenvalue weighted by Gasteiger charge is 2.11. The number of H-pyrrole nitrogens is 1. The van der Waals surface area contributed by atoms with E-state index in [-0.39, 0.29) is 5.91 Å². The number of carbonyl (C=O) groups is 1. The molecule has 3 aromatic carbocycles. The molecule has 1 aromatic heterocycles. The van der Waals surface area contributed by atoms with Gasteiger partial charge in [0.05, 0.1) is 11.4 Å². The molecule has 0 aliphatic rings. The van der Waals surface area contributed by atoms with Crippen molar-refractivity contribution in [1.82, 2.24) is 15.6 Å². The van der Waals surface area contributed by atoms with Crippen LogP contribution in [-0.4, -0.2) is 21.8 Å². The van der Waals surface area contributed by atoms with Crippen LogP contribution in [0.3, 0.4) is 0 Å². The first-order valence-corrected chi connectivity index (χ1v) is 10.9. The monoisotopic (exact) mass is 478 g/mol. The first kappa shape index (κ1) is 22.6. The van der Waals surface area contributed by atoms with Crippen molar-refractivity contribution in [2.75, 3.05) is 0 Å². The highest BCUT2D eigenvalue weighted by atomic mass is 35.5. The zero-order chi connectivity index (χ0) is 23.2. The Labute approximate surface area is 201 Å². The predicted octanol–water partition coefficient (Wildman–Crippen LogP) is 6.12. The summed E-state index contributed by atoms with van der Waals surface area (Å²) in [6, 6.07) is 23.9. The van der Waals surface area contributed by atoms with Crippen LogP contribution in [0.15, 0.2) is 84.0 Å². The van der Waals surface area contributed by atoms with Gasteiger partial charge in [-0.2, -0.15) is 10.2 Å². The molecule has 0 saturated carbocycles. The van der Waals surface area contributed by atoms with Crippen molar-refractivity contribution in [3.8, 4) is 17.0 Å². The highest BCUT2D eigenvalue weighted by molar-refractivity contribution is 6.31. The van der Waals surface area contributed by atoms with Gasteiger partial charge in [-0.3, -0.25) is 9.89 Å². The molecule has 8 heteroatoms. The van der Waals surface area contributed by atoms with Gasteiger partial charge in [-0.05, 0) is 61.0 Å². The SMILES string of the molecule is C/C(=N/NC(=O)c1cc(-c2ccc(OCc3ccccc3Cl)cc2)n[nH]1)c1ccc(Cl)cc1. The maximum atomic E-state index is 12.4. The van der Waals surface area contributed by atoms with Crippen LogP contribution in [0.2, 0.25) is 10.0 Å². The largest absolute Gasteiger partial charge is 0.489 e. The van der Waals surface area contributed by atoms with Crippen LogP contribution in [-0.2, 0) is 6.61 Å². The second-order valence-corrected chi connectivity index (χ2v) is 8.06. The van der Waals surface area contributed by atoms with Gasteiger partial charge < -0.3 is 4.74 Å². The Morgan fingerprint density at radius 3 is 2.48 bits per heavy atom. The van der Waals surface area contributed by atoms with E-state index in [1.165, 1.54) is 0 Å². The first-order valence-electron chi connectivity index (χ1n) is 10.1. The molecule has 0 aliphatic carbocycles. The summed E-state index contributed by atoms with van der Waals surface area (Å²) in [6.07, 6.45) is 0. The second-order valence-electron chi connectivity index (χ2n) is 7.22. The Bertz CT molecular complexity index is 1280. The van der Waals surface area contributed by atoms with Gasteiger partial charge in [-0.25, -0.2) is 5.43 Å². The molecule has 0 radical (unpaired) electrons. The molecular formula is C25H20Cl2N4O2. The van der Waals surface area contributed by atoms with Crippen LogP contribution >= 0.6 is 23.2 Å². The van der Waals surface area contributed by atoms with Crippen LogP contribution in [0, 0.1) is 0 Å². The quantitative estimate of drug-likeness (QED) is 0.248. The van der Waals surface area contributed by atoms with E-state index in [1.807, 2.05) is 60.7 Å². The minimum atomic E-state index is -0.387. The number of hydrogen-bond acceptors (Lipinski definition) is 4. The normalized spacial score (nSPS) is 11.3. The molecule has 33 heavy (non-hydrogen) atoms. The van der Waals surface area contributed by atoms with Gasteiger partial charge >= 0.3 is 0 Å². The molecule has 166 valence electrons. The third-order valence-corrected chi connectivity index (χ3v) is 5.53. The number of hydrazone groups is 1. The number of rotatable bonds is 7. The second kappa shape index (κ2) is 10.3. The zero-order valence-corrected chi connectivity index (χ0v) is 19.2. The summed E-state index contributed by atoms with van der Waals surface area (Å²) in [7, 11) is 0. The Balaban J connectivity index is 1.37. The number of nitrogens with one attached hydrogen (secondary N) is 2. The van der Waals surface area contributed by atoms with Crippen LogP contribution in [0.1, 0.15) is 28.5 Å². The van der Waals surface area contributed by atoms with E-state index in [4.69, 9.17) is 27.9 Å². The topological polar surface area (TPSA) is 79.4 Å². The Morgan fingerprint density at radius 2 is 1.76 bits per heavy atom. The third-order valence-electron chi connectivity index (χ3n) is 4.91. The molecule has 0 fully saturated rings. The van der Waals surface area contributed by atoms with Crippen LogP contribution < -0.4 is 10.2 Å². The third kappa shape index (κ3) is 5.80. The number of amides is 1. The fourth-order valence-corrected chi connectivity index (χ4v) is 3.35. The van der Waals surface area contributed by atoms with E-state index in [0.717, 1.165) is 16.7 Å². The molecule has 0 atom stereocenters. The molecule has 6 nitrogen and oxygen atoms in total. The smallest absolute Gasteiger partial charge is 0.289 e. The van der Waals surface area contributed by atoms with Crippen molar-refractivity contribution in [3.05, 3.63) is 106 Å². The number of halogens is 2. The van der Waals surface area contributed by atoms with Gasteiger partial charge in [0, 0.05) is 21.2 Å². The van der Waals surface area contributed by atoms with E-state index in [0.29, 0.717) is 39.5 Å². The van der Waals surface area contributed by atoms with E-state index in [1.54, 1.807) is 25.1 Å². The number of aromatic amines is 1. The Kier molecular flexibility index (Phi) is 7.07. The van der Waals surface area contributed by atoms with Gasteiger partial charge in [0.1, 0.15) is 18.1 Å². The van der Waals surface area contributed by atoms with Gasteiger partial charge in [0.15, 0.2) is 0 Å². The lowest BCUT2D eigenvalue weighted by atomic mass is 10.1. The van der Waals surface area contributed by atoms with Gasteiger partial charge in [0.2, 0.25) is 0 Å². The summed E-state index contributed by atoms with van der Waals surface area (Å²) in [5.74, 6) is 0.320. The van der Waals surface area contributed by atoms with Crippen molar-refractivity contribution >= 4 is 34.8 Å². The lowest BCUT2D eigenvalue weighted by Crippen LogP contribution is -2.19. The van der Waals surface area contributed by atoms with Crippen LogP contribution in [0.4, 0.5) is 0 Å². The summed E-state index contributed by atoms with van der Waals surface area (Å²) in [5, 5.41) is 12.4. The lowest BCUT2D eigenvalue weighted by molar-refractivity contribution is 0.0950. The number of benzene rings is 3. The molecule has 4 rings (SSSR count). The maximum absolute atomic E-state index is 12.4. The minimum absolute atomic E-state index is 0.303. The summed E-state index contributed by atoms with van der Waals surface area (Å²) in [5.41, 5.74) is 6.76. The Hall–Kier alpha value is -3.61. The number of hydrogen-bond donors (Lipinski definition) is 2. The van der Waals surface area contributed by atoms with E-state index in [9.17, 15) is 4.79 Å². The van der Waals surface area contributed by atoms with Gasteiger partial charge in [-0.1, -0.05) is 53.5 Å². The van der Waals surface area contributed by atoms with Crippen molar-refractivity contribution in [2.24, 2.45) is 5.10 Å². The summed E-state index contributed by atoms with van der Waals surface area (Å²) in [4.78, 5) is 12.4. The van der Waals surface area contributed by atoms with Crippen LogP contribution in [0.5, 0.6) is 5.75 Å². The fourth-order valence-electron chi connectivity index (χ4n) is 3.03. The first-order chi connectivity index (χ1) is 16.0. The number of ether oxygens (including phenoxy) is 1. The summed E-state index contributed by atoms with van der Waals surface area (Å²) < 4.78 is 5.81. The number of aromatic nitrogens is 2. The average molecular weight is 479 g/mol. The number of carbonyl (C=O) groups excluding carboxylic acids is 1. The molecule has 0 bridgehead atoms. The zero-order valence-electron chi connectivity index (χ0n) is 17.7. The fraction of sp³-hybridized carbons (Fsp3) is 0.0800. The molecule has 0 saturated heterocycles. The van der Waals surface area contributed by atoms with Crippen molar-refractivity contribution < 1.29 is 9.53 Å². The van der Waals surface area contributed by atoms with E-state index in [2.05, 4.69) is 20.7 Å². The molecule has 4 aromatic rings. The van der Waals surface area contributed by atoms with Crippen molar-refractivity contribution in [1.29, 1.82) is 0 Å². The standard InChI is InChI=1S/C25H20Cl2N4O2/c1-16(17-6-10-20(26)11-7-17)28-31-25(32)24-14-23(29-30-24)18-8-12-21(13-9-18)33-15-19-4-2-3-5-22(19)27/h2-14H,15H2,1H3,(H,29,30)(H,31,32)/b28-16-. The number of nitrogens with zero attached hydrogens (tertiary/aromatic N) is 2. The molecule has 1 heterocycles. The molecular weight excluding hydrogens is 459 g/mol. The summed E-state index contributed by atoms with van der Waals surface area (Å²) >= 11 is 12.1. The highest BCUT2D eigenvalue weighted by Crippen LogP contribution is 2.23. The maximum Gasteiger partial charge on any atom is 0.289 e. The Morgan fingerprint density at radius 1 is 1.03 bits per heavy atom. The van der Waals surface area contributed by atoms with E-state index >= 15 is 0 Å². The predicted molar refractivity (Wildman–Crippen MR) is 131 cm³/mol. The molecule has 0 aliphatic heterocycles. The lowest BCUT2D eigenvalue weighted by Gasteiger charge is -2.08. The van der Waals surface area contributed by atoms with E-state index < -0.39 is 0 Å². The average Bonchev–Trinajstić information content (AvgIpc) is 3.33.